The minimum atomic E-state index is -0.261. The number of aromatic nitrogens is 3. The van der Waals surface area contributed by atoms with Crippen LogP contribution < -0.4 is 21.1 Å². The van der Waals surface area contributed by atoms with Gasteiger partial charge in [0.2, 0.25) is 17.8 Å². The van der Waals surface area contributed by atoms with Crippen LogP contribution in [-0.2, 0) is 6.54 Å². The Labute approximate surface area is 122 Å². The van der Waals surface area contributed by atoms with E-state index in [4.69, 9.17) is 5.84 Å². The summed E-state index contributed by atoms with van der Waals surface area (Å²) in [6.07, 6.45) is 0. The van der Waals surface area contributed by atoms with Crippen molar-refractivity contribution in [2.45, 2.75) is 6.54 Å². The Morgan fingerprint density at radius 2 is 1.76 bits per heavy atom. The first-order chi connectivity index (χ1) is 10.0. The fourth-order valence-electron chi connectivity index (χ4n) is 1.74. The summed E-state index contributed by atoms with van der Waals surface area (Å²) in [5.74, 6) is 6.23. The molecule has 8 heteroatoms. The third-order valence-electron chi connectivity index (χ3n) is 2.85. The van der Waals surface area contributed by atoms with Crippen molar-refractivity contribution in [1.29, 1.82) is 0 Å². The second-order valence-electron chi connectivity index (χ2n) is 4.75. The van der Waals surface area contributed by atoms with Crippen LogP contribution in [0.4, 0.5) is 22.2 Å². The first-order valence-corrected chi connectivity index (χ1v) is 6.36. The molecule has 3 N–H and O–H groups in total. The third kappa shape index (κ3) is 3.54. The summed E-state index contributed by atoms with van der Waals surface area (Å²) in [6, 6.07) is 6.59. The molecule has 1 aromatic heterocycles. The molecule has 0 unspecified atom stereocenters. The molecule has 7 nitrogen and oxygen atoms in total. The Hall–Kier alpha value is -2.48. The van der Waals surface area contributed by atoms with E-state index in [1.807, 2.05) is 14.1 Å². The van der Waals surface area contributed by atoms with Gasteiger partial charge in [-0.2, -0.15) is 15.0 Å². The maximum Gasteiger partial charge on any atom is 0.243 e. The second kappa shape index (κ2) is 6.31. The Balaban J connectivity index is 2.28. The van der Waals surface area contributed by atoms with E-state index in [0.717, 1.165) is 0 Å². The van der Waals surface area contributed by atoms with E-state index in [0.29, 0.717) is 24.0 Å². The minimum absolute atomic E-state index is 0.254. The van der Waals surface area contributed by atoms with E-state index < -0.39 is 0 Å². The number of nitrogens with one attached hydrogen (secondary N) is 1. The Morgan fingerprint density at radius 1 is 1.10 bits per heavy atom. The monoisotopic (exact) mass is 291 g/mol. The molecule has 1 heterocycles. The van der Waals surface area contributed by atoms with Gasteiger partial charge in [0.15, 0.2) is 0 Å². The van der Waals surface area contributed by atoms with Gasteiger partial charge in [-0.05, 0) is 6.07 Å². The Kier molecular flexibility index (Phi) is 4.49. The molecule has 0 amide bonds. The summed E-state index contributed by atoms with van der Waals surface area (Å²) in [6.45, 7) is 0.341. The molecule has 0 radical (unpaired) electrons. The molecule has 0 bridgehead atoms. The molecular weight excluding hydrogens is 273 g/mol. The lowest BCUT2D eigenvalue weighted by atomic mass is 10.2. The van der Waals surface area contributed by atoms with Crippen molar-refractivity contribution in [3.05, 3.63) is 35.6 Å². The van der Waals surface area contributed by atoms with Crippen LogP contribution in [0.1, 0.15) is 5.56 Å². The number of benzene rings is 1. The normalized spacial score (nSPS) is 10.3. The van der Waals surface area contributed by atoms with Crippen LogP contribution >= 0.6 is 0 Å². The van der Waals surface area contributed by atoms with E-state index in [1.54, 1.807) is 35.0 Å². The summed E-state index contributed by atoms with van der Waals surface area (Å²) in [5.41, 5.74) is 2.97. The van der Waals surface area contributed by atoms with Gasteiger partial charge in [0.05, 0.1) is 0 Å². The van der Waals surface area contributed by atoms with Gasteiger partial charge in [-0.15, -0.1) is 0 Å². The van der Waals surface area contributed by atoms with Gasteiger partial charge in [0.25, 0.3) is 0 Å². The van der Waals surface area contributed by atoms with Crippen molar-refractivity contribution in [3.8, 4) is 0 Å². The van der Waals surface area contributed by atoms with Crippen LogP contribution in [-0.4, -0.2) is 36.1 Å². The van der Waals surface area contributed by atoms with Crippen LogP contribution in [0.15, 0.2) is 24.3 Å². The van der Waals surface area contributed by atoms with Gasteiger partial charge in [0.1, 0.15) is 5.82 Å². The van der Waals surface area contributed by atoms with Gasteiger partial charge < -0.3 is 9.80 Å². The largest absolute Gasteiger partial charge is 0.347 e. The number of nitrogens with two attached hydrogens (primary N) is 1. The highest BCUT2D eigenvalue weighted by atomic mass is 19.1. The molecule has 0 aliphatic rings. The summed E-state index contributed by atoms with van der Waals surface area (Å²) < 4.78 is 13.7. The van der Waals surface area contributed by atoms with Crippen molar-refractivity contribution < 1.29 is 4.39 Å². The summed E-state index contributed by atoms with van der Waals surface area (Å²) >= 11 is 0. The van der Waals surface area contributed by atoms with Crippen LogP contribution in [0.2, 0.25) is 0 Å². The number of anilines is 3. The first kappa shape index (κ1) is 14.9. The van der Waals surface area contributed by atoms with E-state index >= 15 is 0 Å². The summed E-state index contributed by atoms with van der Waals surface area (Å²) in [5, 5.41) is 0. The molecule has 0 spiro atoms. The van der Waals surface area contributed by atoms with Crippen molar-refractivity contribution >= 4 is 17.8 Å². The first-order valence-electron chi connectivity index (χ1n) is 6.36. The summed E-state index contributed by atoms with van der Waals surface area (Å²) in [4.78, 5) is 16.1. The molecule has 0 aliphatic heterocycles. The minimum Gasteiger partial charge on any atom is -0.347 e. The topological polar surface area (TPSA) is 83.2 Å². The average molecular weight is 291 g/mol. The van der Waals surface area contributed by atoms with Gasteiger partial charge in [0, 0.05) is 33.3 Å². The lowest BCUT2D eigenvalue weighted by Gasteiger charge is -2.20. The number of rotatable bonds is 5. The van der Waals surface area contributed by atoms with Gasteiger partial charge in [-0.1, -0.05) is 18.2 Å². The van der Waals surface area contributed by atoms with Crippen LogP contribution in [0.5, 0.6) is 0 Å². The van der Waals surface area contributed by atoms with E-state index in [1.165, 1.54) is 6.07 Å². The van der Waals surface area contributed by atoms with Crippen LogP contribution in [0.3, 0.4) is 0 Å². The smallest absolute Gasteiger partial charge is 0.243 e. The fourth-order valence-corrected chi connectivity index (χ4v) is 1.74. The fraction of sp³-hybridized carbons (Fsp3) is 0.308. The van der Waals surface area contributed by atoms with Crippen molar-refractivity contribution in [1.82, 2.24) is 15.0 Å². The number of nitrogens with zero attached hydrogens (tertiary/aromatic N) is 5. The van der Waals surface area contributed by atoms with E-state index in [2.05, 4.69) is 20.4 Å². The van der Waals surface area contributed by atoms with Crippen molar-refractivity contribution in [3.63, 3.8) is 0 Å². The summed E-state index contributed by atoms with van der Waals surface area (Å²) in [7, 11) is 5.41. The molecular formula is C13H18FN7. The molecule has 112 valence electrons. The standard InChI is InChI=1S/C13H18FN7/c1-20(2)12-16-11(19-15)17-13(18-12)21(3)8-9-6-4-5-7-10(9)14/h4-7H,8,15H2,1-3H3,(H,16,17,18,19). The molecule has 1 aromatic carbocycles. The van der Waals surface area contributed by atoms with Crippen molar-refractivity contribution in [2.75, 3.05) is 36.4 Å². The molecule has 0 saturated carbocycles. The third-order valence-corrected chi connectivity index (χ3v) is 2.85. The maximum absolute atomic E-state index is 13.7. The SMILES string of the molecule is CN(C)c1nc(NN)nc(N(C)Cc2ccccc2F)n1. The van der Waals surface area contributed by atoms with Gasteiger partial charge >= 0.3 is 0 Å². The van der Waals surface area contributed by atoms with Gasteiger partial charge in [-0.25, -0.2) is 10.2 Å². The zero-order chi connectivity index (χ0) is 15.4. The highest BCUT2D eigenvalue weighted by Crippen LogP contribution is 2.17. The Morgan fingerprint density at radius 3 is 2.38 bits per heavy atom. The Bertz CT molecular complexity index is 617. The molecule has 0 atom stereocenters. The molecule has 0 aliphatic carbocycles. The number of hydrazine groups is 1. The van der Waals surface area contributed by atoms with Crippen molar-refractivity contribution in [2.24, 2.45) is 5.84 Å². The quantitative estimate of drug-likeness (QED) is 0.628. The highest BCUT2D eigenvalue weighted by molar-refractivity contribution is 5.44. The lowest BCUT2D eigenvalue weighted by Crippen LogP contribution is -2.24. The van der Waals surface area contributed by atoms with Crippen LogP contribution in [0.25, 0.3) is 0 Å². The molecule has 0 fully saturated rings. The highest BCUT2D eigenvalue weighted by Gasteiger charge is 2.13. The number of nitrogen functional groups attached to an aromatic ring is 1. The molecule has 2 rings (SSSR count). The number of hydrogen-bond donors (Lipinski definition) is 2. The van der Waals surface area contributed by atoms with E-state index in [9.17, 15) is 4.39 Å². The van der Waals surface area contributed by atoms with Crippen LogP contribution in [0, 0.1) is 5.82 Å². The van der Waals surface area contributed by atoms with Gasteiger partial charge in [-0.3, -0.25) is 5.43 Å². The number of hydrogen-bond acceptors (Lipinski definition) is 7. The zero-order valence-electron chi connectivity index (χ0n) is 12.2. The average Bonchev–Trinajstić information content (AvgIpc) is 2.49. The lowest BCUT2D eigenvalue weighted by molar-refractivity contribution is 0.607. The zero-order valence-corrected chi connectivity index (χ0v) is 12.2. The van der Waals surface area contributed by atoms with E-state index in [-0.39, 0.29) is 11.8 Å². The number of halogens is 1. The maximum atomic E-state index is 13.7. The second-order valence-corrected chi connectivity index (χ2v) is 4.75. The molecule has 2 aromatic rings. The predicted octanol–water partition coefficient (Wildman–Crippen LogP) is 0.999. The molecule has 0 saturated heterocycles. The molecule has 21 heavy (non-hydrogen) atoms. The predicted molar refractivity (Wildman–Crippen MR) is 80.5 cm³/mol.